The number of ether oxygens (including phenoxy) is 1. The normalized spacial score (nSPS) is 17.4. The van der Waals surface area contributed by atoms with Gasteiger partial charge in [-0.1, -0.05) is 6.92 Å². The highest BCUT2D eigenvalue weighted by atomic mass is 19.4. The van der Waals surface area contributed by atoms with Crippen molar-refractivity contribution in [3.05, 3.63) is 71.7 Å². The van der Waals surface area contributed by atoms with Crippen molar-refractivity contribution in [3.63, 3.8) is 0 Å². The predicted octanol–water partition coefficient (Wildman–Crippen LogP) is 3.96. The van der Waals surface area contributed by atoms with E-state index in [2.05, 4.69) is 20.6 Å². The first-order chi connectivity index (χ1) is 23.6. The molecule has 0 atom stereocenters. The van der Waals surface area contributed by atoms with E-state index in [0.29, 0.717) is 51.8 Å². The summed E-state index contributed by atoms with van der Waals surface area (Å²) in [6.07, 6.45) is 1.77. The number of benzene rings is 2. The monoisotopic (exact) mass is 706 g/mol. The van der Waals surface area contributed by atoms with Gasteiger partial charge in [-0.25, -0.2) is 19.2 Å². The minimum atomic E-state index is -5.19. The van der Waals surface area contributed by atoms with Gasteiger partial charge in [0.2, 0.25) is 5.82 Å². The Balaban J connectivity index is 0.000000727. The second kappa shape index (κ2) is 15.5. The number of carboxylic acids is 2. The van der Waals surface area contributed by atoms with Crippen LogP contribution in [0.25, 0.3) is 16.9 Å². The van der Waals surface area contributed by atoms with E-state index < -0.39 is 29.7 Å². The molecule has 3 N–H and O–H groups in total. The SMILES string of the molecule is CCc1cc(Nc2nccn3c(-c4ccc(OC)c(F)c4F)cnc23)ccc1C(=O)NCC1CC[N+](C)(CC(=O)O)CC1.O=C([O-])C(F)(F)F. The van der Waals surface area contributed by atoms with Crippen LogP contribution in [-0.4, -0.2) is 88.3 Å². The zero-order chi connectivity index (χ0) is 36.8. The van der Waals surface area contributed by atoms with Crippen LogP contribution in [0.2, 0.25) is 0 Å². The fraction of sp³-hybridized carbons (Fsp3) is 0.364. The summed E-state index contributed by atoms with van der Waals surface area (Å²) in [6, 6.07) is 8.25. The number of nitrogens with one attached hydrogen (secondary N) is 2. The van der Waals surface area contributed by atoms with Crippen molar-refractivity contribution in [2.24, 2.45) is 5.92 Å². The smallest absolute Gasteiger partial charge is 0.430 e. The first kappa shape index (κ1) is 37.5. The van der Waals surface area contributed by atoms with Crippen LogP contribution in [0.15, 0.2) is 48.9 Å². The number of carbonyl (C=O) groups is 3. The number of rotatable bonds is 10. The molecule has 0 saturated carbocycles. The number of hydrogen-bond donors (Lipinski definition) is 3. The van der Waals surface area contributed by atoms with E-state index in [1.807, 2.05) is 20.0 Å². The van der Waals surface area contributed by atoms with Crippen molar-refractivity contribution in [1.82, 2.24) is 19.7 Å². The maximum Gasteiger partial charge on any atom is 0.430 e. The highest BCUT2D eigenvalue weighted by Gasteiger charge is 2.32. The molecule has 1 fully saturated rings. The third kappa shape index (κ3) is 8.82. The molecule has 0 bridgehead atoms. The number of likely N-dealkylation sites (tertiary alicyclic amines) is 1. The van der Waals surface area contributed by atoms with E-state index in [-0.39, 0.29) is 23.8 Å². The molecule has 0 unspecified atom stereocenters. The summed E-state index contributed by atoms with van der Waals surface area (Å²) < 4.78 is 67.8. The maximum absolute atomic E-state index is 14.8. The van der Waals surface area contributed by atoms with Crippen LogP contribution in [0.1, 0.15) is 35.7 Å². The lowest BCUT2D eigenvalue weighted by Crippen LogP contribution is -2.53. The number of nitrogens with zero attached hydrogens (tertiary/aromatic N) is 4. The van der Waals surface area contributed by atoms with Gasteiger partial charge in [0, 0.05) is 48.6 Å². The fourth-order valence-electron chi connectivity index (χ4n) is 5.68. The fourth-order valence-corrected chi connectivity index (χ4v) is 5.68. The van der Waals surface area contributed by atoms with E-state index >= 15 is 0 Å². The number of likely N-dealkylation sites (N-methyl/N-ethyl adjacent to an activating group) is 1. The van der Waals surface area contributed by atoms with Crippen LogP contribution in [0, 0.1) is 17.6 Å². The molecule has 2 aromatic heterocycles. The van der Waals surface area contributed by atoms with Gasteiger partial charge in [0.25, 0.3) is 5.91 Å². The summed E-state index contributed by atoms with van der Waals surface area (Å²) in [4.78, 5) is 41.9. The molecule has 5 rings (SSSR count). The molecule has 50 heavy (non-hydrogen) atoms. The summed E-state index contributed by atoms with van der Waals surface area (Å²) in [5.74, 6) is -5.52. The van der Waals surface area contributed by atoms with E-state index in [1.165, 1.54) is 31.6 Å². The van der Waals surface area contributed by atoms with Gasteiger partial charge in [0.05, 0.1) is 39.1 Å². The Bertz CT molecular complexity index is 1870. The lowest BCUT2D eigenvalue weighted by Gasteiger charge is -2.39. The molecule has 0 radical (unpaired) electrons. The largest absolute Gasteiger partial charge is 0.542 e. The summed E-state index contributed by atoms with van der Waals surface area (Å²) in [7, 11) is 3.24. The zero-order valence-corrected chi connectivity index (χ0v) is 27.3. The van der Waals surface area contributed by atoms with Crippen molar-refractivity contribution in [2.45, 2.75) is 32.4 Å². The number of anilines is 2. The Kier molecular flexibility index (Phi) is 11.6. The standard InChI is InChI=1S/C31H34F2N6O4.C2HF3O2/c1-4-20-15-21(5-6-22(20)31(42)36-16-19-9-13-39(2,14-10-19)18-26(40)41)37-29-30-35-17-24(38(30)12-11-34-29)23-7-8-25(43-3)28(33)27(23)32;3-2(4,5)1(6)7/h5-8,11-12,15,17,19H,4,9-10,13-14,16,18H2,1-3H3,(H2-,34,36,37,40,41,42);(H,6,7). The number of halogens is 5. The minimum absolute atomic E-state index is 0.0353. The van der Waals surface area contributed by atoms with E-state index in [9.17, 15) is 31.5 Å². The van der Waals surface area contributed by atoms with Gasteiger partial charge >= 0.3 is 12.1 Å². The molecule has 268 valence electrons. The Morgan fingerprint density at radius 2 is 1.78 bits per heavy atom. The maximum atomic E-state index is 14.8. The average Bonchev–Trinajstić information content (AvgIpc) is 3.50. The van der Waals surface area contributed by atoms with E-state index in [0.717, 1.165) is 31.5 Å². The van der Waals surface area contributed by atoms with Crippen LogP contribution >= 0.6 is 0 Å². The van der Waals surface area contributed by atoms with Gasteiger partial charge in [-0.2, -0.15) is 17.6 Å². The summed E-state index contributed by atoms with van der Waals surface area (Å²) in [6.45, 7) is 4.19. The van der Waals surface area contributed by atoms with Crippen molar-refractivity contribution in [3.8, 4) is 17.0 Å². The van der Waals surface area contributed by atoms with Crippen molar-refractivity contribution in [2.75, 3.05) is 45.7 Å². The molecule has 1 saturated heterocycles. The van der Waals surface area contributed by atoms with Crippen LogP contribution in [0.5, 0.6) is 5.75 Å². The number of fused-ring (bicyclic) bond motifs is 1. The number of carbonyl (C=O) groups excluding carboxylic acids is 2. The summed E-state index contributed by atoms with van der Waals surface area (Å²) in [5.41, 5.74) is 2.93. The van der Waals surface area contributed by atoms with Gasteiger partial charge < -0.3 is 34.9 Å². The lowest BCUT2D eigenvalue weighted by atomic mass is 9.95. The molecular weight excluding hydrogens is 671 g/mol. The summed E-state index contributed by atoms with van der Waals surface area (Å²) >= 11 is 0. The molecule has 1 amide bonds. The average molecular weight is 707 g/mol. The molecule has 12 nitrogen and oxygen atoms in total. The highest BCUT2D eigenvalue weighted by Crippen LogP contribution is 2.32. The van der Waals surface area contributed by atoms with Crippen molar-refractivity contribution < 1.29 is 55.8 Å². The van der Waals surface area contributed by atoms with Gasteiger partial charge in [-0.3, -0.25) is 9.20 Å². The molecule has 4 aromatic rings. The number of alkyl halides is 3. The molecule has 0 aliphatic carbocycles. The van der Waals surface area contributed by atoms with E-state index in [1.54, 1.807) is 22.7 Å². The Morgan fingerprint density at radius 3 is 2.38 bits per heavy atom. The first-order valence-electron chi connectivity index (χ1n) is 15.4. The predicted molar refractivity (Wildman–Crippen MR) is 169 cm³/mol. The topological polar surface area (TPSA) is 158 Å². The number of aryl methyl sites for hydroxylation is 1. The number of piperidine rings is 1. The van der Waals surface area contributed by atoms with Gasteiger partial charge in [-0.05, 0) is 48.2 Å². The number of carboxylic acid groups (broad SMARTS) is 2. The van der Waals surface area contributed by atoms with Crippen LogP contribution in [0.4, 0.5) is 33.5 Å². The minimum Gasteiger partial charge on any atom is -0.542 e. The third-order valence-electron chi connectivity index (χ3n) is 8.42. The number of quaternary nitrogens is 1. The van der Waals surface area contributed by atoms with Crippen LogP contribution < -0.4 is 20.5 Å². The number of amides is 1. The first-order valence-corrected chi connectivity index (χ1v) is 15.4. The number of aromatic nitrogens is 3. The van der Waals surface area contributed by atoms with Gasteiger partial charge in [-0.15, -0.1) is 0 Å². The van der Waals surface area contributed by atoms with Crippen LogP contribution in [-0.2, 0) is 16.0 Å². The molecule has 0 spiro atoms. The van der Waals surface area contributed by atoms with Gasteiger partial charge in [0.15, 0.2) is 29.6 Å². The zero-order valence-electron chi connectivity index (χ0n) is 27.3. The van der Waals surface area contributed by atoms with Crippen molar-refractivity contribution in [1.29, 1.82) is 0 Å². The number of aliphatic carboxylic acids is 2. The van der Waals surface area contributed by atoms with E-state index in [4.69, 9.17) is 19.7 Å². The molecule has 17 heteroatoms. The van der Waals surface area contributed by atoms with Gasteiger partial charge in [0.1, 0.15) is 5.97 Å². The Labute approximate surface area is 283 Å². The molecule has 1 aliphatic rings. The number of methoxy groups -OCH3 is 1. The molecule has 2 aromatic carbocycles. The third-order valence-corrected chi connectivity index (χ3v) is 8.42. The number of hydrogen-bond acceptors (Lipinski definition) is 8. The quantitative estimate of drug-likeness (QED) is 0.164. The Hall–Kier alpha value is -5.32. The summed E-state index contributed by atoms with van der Waals surface area (Å²) in [5, 5.41) is 24.3. The van der Waals surface area contributed by atoms with Crippen molar-refractivity contribution >= 4 is 35.0 Å². The lowest BCUT2D eigenvalue weighted by molar-refractivity contribution is -0.908. The second-order valence-corrected chi connectivity index (χ2v) is 12.0. The van der Waals surface area contributed by atoms with Crippen LogP contribution in [0.3, 0.4) is 0 Å². The second-order valence-electron chi connectivity index (χ2n) is 12.0. The Morgan fingerprint density at radius 1 is 1.10 bits per heavy atom. The highest BCUT2D eigenvalue weighted by molar-refractivity contribution is 5.96. The molecular formula is C33H35F5N6O6. The molecule has 3 heterocycles. The molecule has 1 aliphatic heterocycles. The number of imidazole rings is 1.